The molecule has 1 unspecified atom stereocenters. The Bertz CT molecular complexity index is 720. The van der Waals surface area contributed by atoms with E-state index in [2.05, 4.69) is 0 Å². The molecule has 1 heterocycles. The number of hydrogen-bond acceptors (Lipinski definition) is 5. The molecule has 2 rings (SSSR count). The minimum atomic E-state index is -3.82. The molecule has 0 spiro atoms. The summed E-state index contributed by atoms with van der Waals surface area (Å²) in [4.78, 5) is 10.7. The van der Waals surface area contributed by atoms with Crippen molar-refractivity contribution in [2.75, 3.05) is 13.6 Å². The number of carboxylic acids is 1. The number of ether oxygens (including phenoxy) is 1. The van der Waals surface area contributed by atoms with Crippen LogP contribution in [0.15, 0.2) is 11.0 Å². The quantitative estimate of drug-likeness (QED) is 0.777. The highest BCUT2D eigenvalue weighted by Gasteiger charge is 2.33. The summed E-state index contributed by atoms with van der Waals surface area (Å²) in [6.07, 6.45) is -0.578. The van der Waals surface area contributed by atoms with E-state index in [0.717, 1.165) is 0 Å². The molecule has 22 heavy (non-hydrogen) atoms. The molecule has 122 valence electrons. The number of halogens is 2. The van der Waals surface area contributed by atoms with Crippen LogP contribution in [0.5, 0.6) is 5.75 Å². The van der Waals surface area contributed by atoms with Gasteiger partial charge in [-0.25, -0.2) is 12.7 Å². The van der Waals surface area contributed by atoms with Gasteiger partial charge in [0.25, 0.3) is 0 Å². The molecule has 0 radical (unpaired) electrons. The zero-order valence-corrected chi connectivity index (χ0v) is 14.3. The minimum absolute atomic E-state index is 0.0193. The van der Waals surface area contributed by atoms with Crippen LogP contribution in [-0.2, 0) is 21.2 Å². The Hall–Kier alpha value is -1.02. The number of benzene rings is 1. The number of carbonyl (C=O) groups is 1. The summed E-state index contributed by atoms with van der Waals surface area (Å²) in [7, 11) is -2.37. The van der Waals surface area contributed by atoms with Crippen molar-refractivity contribution in [1.29, 1.82) is 0 Å². The largest absolute Gasteiger partial charge is 0.546 e. The topological polar surface area (TPSA) is 86.7 Å². The maximum Gasteiger partial charge on any atom is 0.244 e. The highest BCUT2D eigenvalue weighted by molar-refractivity contribution is 7.89. The Balaban J connectivity index is 2.52. The van der Waals surface area contributed by atoms with Crippen molar-refractivity contribution in [3.63, 3.8) is 0 Å². The highest BCUT2D eigenvalue weighted by Crippen LogP contribution is 2.44. The van der Waals surface area contributed by atoms with Crippen molar-refractivity contribution in [1.82, 2.24) is 4.31 Å². The molecule has 1 aromatic carbocycles. The third-order valence-corrected chi connectivity index (χ3v) is 6.20. The van der Waals surface area contributed by atoms with E-state index in [0.29, 0.717) is 18.5 Å². The van der Waals surface area contributed by atoms with Crippen LogP contribution in [0.4, 0.5) is 0 Å². The normalized spacial score (nSPS) is 17.4. The van der Waals surface area contributed by atoms with Crippen molar-refractivity contribution in [2.24, 2.45) is 0 Å². The number of fused-ring (bicyclic) bond motifs is 1. The van der Waals surface area contributed by atoms with Gasteiger partial charge in [0.2, 0.25) is 10.0 Å². The molecule has 1 atom stereocenters. The van der Waals surface area contributed by atoms with Gasteiger partial charge in [0.15, 0.2) is 0 Å². The standard InChI is InChI=1S/C13H15Cl2NO5S/c1-3-4-16(2)22(19,20)9-6-7-5-8(13(17)18)21-12(7)11(15)10(9)14/h6,8H,3-5H2,1-2H3,(H,17,18)/p-1. The lowest BCUT2D eigenvalue weighted by Gasteiger charge is -2.18. The fraction of sp³-hybridized carbons (Fsp3) is 0.462. The second kappa shape index (κ2) is 6.23. The third-order valence-electron chi connectivity index (χ3n) is 3.36. The van der Waals surface area contributed by atoms with Gasteiger partial charge in [-0.05, 0) is 12.5 Å². The summed E-state index contributed by atoms with van der Waals surface area (Å²) in [5.41, 5.74) is 0.382. The SMILES string of the molecule is CCCN(C)S(=O)(=O)c1cc2c(c(Cl)c1Cl)OC(C(=O)[O-])C2. The van der Waals surface area contributed by atoms with Crippen LogP contribution in [0.3, 0.4) is 0 Å². The average molecular weight is 367 g/mol. The van der Waals surface area contributed by atoms with Crippen LogP contribution in [-0.4, -0.2) is 38.4 Å². The molecule has 6 nitrogen and oxygen atoms in total. The third kappa shape index (κ3) is 2.90. The van der Waals surface area contributed by atoms with Gasteiger partial charge >= 0.3 is 0 Å². The molecule has 0 saturated carbocycles. The zero-order valence-electron chi connectivity index (χ0n) is 11.9. The van der Waals surface area contributed by atoms with Crippen molar-refractivity contribution in [2.45, 2.75) is 30.8 Å². The van der Waals surface area contributed by atoms with Gasteiger partial charge in [0.1, 0.15) is 21.8 Å². The van der Waals surface area contributed by atoms with Crippen molar-refractivity contribution in [3.8, 4) is 5.75 Å². The predicted octanol–water partition coefficient (Wildman–Crippen LogP) is 1.08. The number of carbonyl (C=O) groups excluding carboxylic acids is 1. The zero-order chi connectivity index (χ0) is 16.7. The smallest absolute Gasteiger partial charge is 0.244 e. The summed E-state index contributed by atoms with van der Waals surface area (Å²) in [6, 6.07) is 1.31. The lowest BCUT2D eigenvalue weighted by atomic mass is 10.1. The molecule has 9 heteroatoms. The lowest BCUT2D eigenvalue weighted by molar-refractivity contribution is -0.312. The first-order chi connectivity index (χ1) is 10.2. The summed E-state index contributed by atoms with van der Waals surface area (Å²) >= 11 is 12.1. The van der Waals surface area contributed by atoms with E-state index >= 15 is 0 Å². The van der Waals surface area contributed by atoms with E-state index in [-0.39, 0.29) is 27.1 Å². The molecule has 0 saturated heterocycles. The number of rotatable bonds is 5. The molecule has 1 aliphatic rings. The van der Waals surface area contributed by atoms with Gasteiger partial charge in [0, 0.05) is 25.6 Å². The molecular formula is C13H14Cl2NO5S-. The van der Waals surface area contributed by atoms with E-state index < -0.39 is 22.1 Å². The Morgan fingerprint density at radius 3 is 2.64 bits per heavy atom. The van der Waals surface area contributed by atoms with Gasteiger partial charge in [-0.1, -0.05) is 30.1 Å². The number of aliphatic carboxylic acids is 1. The summed E-state index contributed by atoms with van der Waals surface area (Å²) in [5.74, 6) is -1.30. The van der Waals surface area contributed by atoms with Gasteiger partial charge in [-0.3, -0.25) is 0 Å². The fourth-order valence-corrected chi connectivity index (χ4v) is 4.36. The van der Waals surface area contributed by atoms with E-state index in [4.69, 9.17) is 27.9 Å². The second-order valence-electron chi connectivity index (χ2n) is 4.95. The number of hydrogen-bond donors (Lipinski definition) is 0. The predicted molar refractivity (Wildman–Crippen MR) is 79.7 cm³/mol. The maximum absolute atomic E-state index is 12.5. The Morgan fingerprint density at radius 2 is 2.09 bits per heavy atom. The molecule has 1 aromatic rings. The van der Waals surface area contributed by atoms with Crippen LogP contribution >= 0.6 is 23.2 Å². The first-order valence-electron chi connectivity index (χ1n) is 6.54. The highest BCUT2D eigenvalue weighted by atomic mass is 35.5. The second-order valence-corrected chi connectivity index (χ2v) is 7.72. The van der Waals surface area contributed by atoms with E-state index in [1.807, 2.05) is 6.92 Å². The fourth-order valence-electron chi connectivity index (χ4n) is 2.22. The van der Waals surface area contributed by atoms with Gasteiger partial charge in [-0.2, -0.15) is 0 Å². The molecular weight excluding hydrogens is 353 g/mol. The summed E-state index contributed by atoms with van der Waals surface area (Å²) in [5, 5.41) is 10.6. The maximum atomic E-state index is 12.5. The van der Waals surface area contributed by atoms with E-state index in [1.165, 1.54) is 17.4 Å². The Labute approximate surface area is 138 Å². The summed E-state index contributed by atoms with van der Waals surface area (Å²) in [6.45, 7) is 2.17. The lowest BCUT2D eigenvalue weighted by Crippen LogP contribution is -2.38. The minimum Gasteiger partial charge on any atom is -0.546 e. The molecule has 0 amide bonds. The van der Waals surface area contributed by atoms with Crippen LogP contribution in [0.1, 0.15) is 18.9 Å². The van der Waals surface area contributed by atoms with Crippen LogP contribution in [0.25, 0.3) is 0 Å². The Morgan fingerprint density at radius 1 is 1.45 bits per heavy atom. The van der Waals surface area contributed by atoms with Crippen molar-refractivity contribution in [3.05, 3.63) is 21.7 Å². The van der Waals surface area contributed by atoms with Crippen molar-refractivity contribution >= 4 is 39.2 Å². The Kier molecular flexibility index (Phi) is 4.91. The number of carboxylic acid groups (broad SMARTS) is 1. The monoisotopic (exact) mass is 366 g/mol. The van der Waals surface area contributed by atoms with E-state index in [9.17, 15) is 18.3 Å². The molecule has 0 N–H and O–H groups in total. The number of sulfonamides is 1. The molecule has 0 aliphatic carbocycles. The van der Waals surface area contributed by atoms with Crippen LogP contribution < -0.4 is 9.84 Å². The molecule has 0 fully saturated rings. The first kappa shape index (κ1) is 17.3. The van der Waals surface area contributed by atoms with Crippen molar-refractivity contribution < 1.29 is 23.1 Å². The summed E-state index contributed by atoms with van der Waals surface area (Å²) < 4.78 is 31.4. The van der Waals surface area contributed by atoms with Crippen LogP contribution in [0, 0.1) is 0 Å². The molecule has 1 aliphatic heterocycles. The van der Waals surface area contributed by atoms with Crippen LogP contribution in [0.2, 0.25) is 10.0 Å². The average Bonchev–Trinajstić information content (AvgIpc) is 2.87. The first-order valence-corrected chi connectivity index (χ1v) is 8.74. The molecule has 0 aromatic heterocycles. The number of nitrogens with zero attached hydrogens (tertiary/aromatic N) is 1. The van der Waals surface area contributed by atoms with Gasteiger partial charge < -0.3 is 14.6 Å². The molecule has 0 bridgehead atoms. The van der Waals surface area contributed by atoms with E-state index in [1.54, 1.807) is 0 Å². The van der Waals surface area contributed by atoms with Gasteiger partial charge in [-0.15, -0.1) is 0 Å². The van der Waals surface area contributed by atoms with Gasteiger partial charge in [0.05, 0.1) is 11.0 Å².